The Labute approximate surface area is 151 Å². The lowest BCUT2D eigenvalue weighted by Gasteiger charge is -2.34. The smallest absolute Gasteiger partial charge is 0.317 e. The third-order valence-corrected chi connectivity index (χ3v) is 4.72. The number of urea groups is 1. The number of carbonyl (C=O) groups is 1. The third-order valence-electron chi connectivity index (χ3n) is 4.72. The number of rotatable bonds is 7. The number of nitrogens with one attached hydrogen (secondary N) is 1. The molecule has 0 radical (unpaired) electrons. The number of likely N-dealkylation sites (N-methyl/N-ethyl adjacent to an activating group) is 1. The van der Waals surface area contributed by atoms with Crippen LogP contribution in [0, 0.1) is 5.92 Å². The van der Waals surface area contributed by atoms with Crippen molar-refractivity contribution in [1.82, 2.24) is 15.2 Å². The molecule has 2 N–H and O–H groups in total. The van der Waals surface area contributed by atoms with E-state index in [1.54, 1.807) is 18.7 Å². The molecule has 0 saturated carbocycles. The molecule has 1 aromatic heterocycles. The van der Waals surface area contributed by atoms with Gasteiger partial charge in [-0.05, 0) is 58.1 Å². The number of aliphatic hydroxyl groups is 1. The summed E-state index contributed by atoms with van der Waals surface area (Å²) in [5.41, 5.74) is 0.375. The van der Waals surface area contributed by atoms with E-state index in [4.69, 9.17) is 0 Å². The zero-order chi connectivity index (χ0) is 18.3. The quantitative estimate of drug-likeness (QED) is 0.794. The largest absolute Gasteiger partial charge is 0.389 e. The molecule has 6 heteroatoms. The van der Waals surface area contributed by atoms with Gasteiger partial charge in [0.05, 0.1) is 12.1 Å². The van der Waals surface area contributed by atoms with E-state index in [9.17, 15) is 9.90 Å². The molecule has 1 aliphatic heterocycles. The summed E-state index contributed by atoms with van der Waals surface area (Å²) in [6.45, 7) is 9.13. The first-order chi connectivity index (χ1) is 11.9. The molecular formula is C19H32N4O2. The molecule has 25 heavy (non-hydrogen) atoms. The normalized spacial score (nSPS) is 15.9. The zero-order valence-electron chi connectivity index (χ0n) is 15.7. The van der Waals surface area contributed by atoms with Gasteiger partial charge < -0.3 is 20.2 Å². The standard InChI is InChI=1S/C19H32N4O2/c1-4-22(15-19(2,3)25)18(24)21-12-5-16-8-13-23(14-9-16)17-6-10-20-11-7-17/h6-7,10-11,16,25H,4-5,8-9,12-15H2,1-3H3,(H,21,24). The number of hydrogen-bond donors (Lipinski definition) is 2. The maximum absolute atomic E-state index is 12.2. The van der Waals surface area contributed by atoms with Crippen molar-refractivity contribution in [2.24, 2.45) is 5.92 Å². The van der Waals surface area contributed by atoms with Crippen molar-refractivity contribution >= 4 is 11.7 Å². The summed E-state index contributed by atoms with van der Waals surface area (Å²) >= 11 is 0. The van der Waals surface area contributed by atoms with Gasteiger partial charge in [0.1, 0.15) is 0 Å². The van der Waals surface area contributed by atoms with E-state index in [2.05, 4.69) is 27.3 Å². The lowest BCUT2D eigenvalue weighted by atomic mass is 9.93. The van der Waals surface area contributed by atoms with E-state index in [1.165, 1.54) is 5.69 Å². The van der Waals surface area contributed by atoms with Crippen LogP contribution >= 0.6 is 0 Å². The number of nitrogens with zero attached hydrogens (tertiary/aromatic N) is 3. The molecule has 0 atom stereocenters. The van der Waals surface area contributed by atoms with Crippen molar-refractivity contribution in [2.45, 2.75) is 45.6 Å². The second-order valence-corrected chi connectivity index (χ2v) is 7.48. The highest BCUT2D eigenvalue weighted by Crippen LogP contribution is 2.24. The van der Waals surface area contributed by atoms with Gasteiger partial charge in [0.25, 0.3) is 0 Å². The van der Waals surface area contributed by atoms with Crippen LogP contribution in [0.4, 0.5) is 10.5 Å². The highest BCUT2D eigenvalue weighted by atomic mass is 16.3. The molecule has 140 valence electrons. The Balaban J connectivity index is 1.68. The minimum Gasteiger partial charge on any atom is -0.389 e. The van der Waals surface area contributed by atoms with Crippen molar-refractivity contribution in [3.8, 4) is 0 Å². The number of piperidine rings is 1. The lowest BCUT2D eigenvalue weighted by Crippen LogP contribution is -2.47. The van der Waals surface area contributed by atoms with Crippen LogP contribution in [0.3, 0.4) is 0 Å². The van der Waals surface area contributed by atoms with Crippen LogP contribution in [0.25, 0.3) is 0 Å². The zero-order valence-corrected chi connectivity index (χ0v) is 15.7. The maximum atomic E-state index is 12.2. The van der Waals surface area contributed by atoms with Crippen LogP contribution in [0.1, 0.15) is 40.0 Å². The molecular weight excluding hydrogens is 316 g/mol. The third kappa shape index (κ3) is 6.53. The number of aromatic nitrogens is 1. The summed E-state index contributed by atoms with van der Waals surface area (Å²) in [4.78, 5) is 20.3. The van der Waals surface area contributed by atoms with Gasteiger partial charge in [-0.15, -0.1) is 0 Å². The van der Waals surface area contributed by atoms with E-state index in [1.807, 2.05) is 19.3 Å². The van der Waals surface area contributed by atoms with Crippen LogP contribution in [0.2, 0.25) is 0 Å². The van der Waals surface area contributed by atoms with Gasteiger partial charge >= 0.3 is 6.03 Å². The highest BCUT2D eigenvalue weighted by molar-refractivity contribution is 5.74. The Morgan fingerprint density at radius 3 is 2.56 bits per heavy atom. The fourth-order valence-electron chi connectivity index (χ4n) is 3.32. The van der Waals surface area contributed by atoms with E-state index in [0.29, 0.717) is 25.6 Å². The first-order valence-corrected chi connectivity index (χ1v) is 9.29. The molecule has 0 aliphatic carbocycles. The maximum Gasteiger partial charge on any atom is 0.317 e. The number of amides is 2. The molecule has 2 heterocycles. The Kier molecular flexibility index (Phi) is 7.05. The molecule has 2 amide bonds. The molecule has 1 saturated heterocycles. The van der Waals surface area contributed by atoms with E-state index < -0.39 is 5.60 Å². The van der Waals surface area contributed by atoms with Crippen LogP contribution in [-0.4, -0.2) is 59.3 Å². The van der Waals surface area contributed by atoms with Crippen molar-refractivity contribution in [3.05, 3.63) is 24.5 Å². The molecule has 6 nitrogen and oxygen atoms in total. The minimum absolute atomic E-state index is 0.0844. The summed E-state index contributed by atoms with van der Waals surface area (Å²) in [6, 6.07) is 4.03. The number of anilines is 1. The monoisotopic (exact) mass is 348 g/mol. The van der Waals surface area contributed by atoms with Gasteiger partial charge in [-0.1, -0.05) is 0 Å². The van der Waals surface area contributed by atoms with Gasteiger partial charge in [-0.25, -0.2) is 4.79 Å². The van der Waals surface area contributed by atoms with Gasteiger partial charge in [-0.2, -0.15) is 0 Å². The number of pyridine rings is 1. The number of hydrogen-bond acceptors (Lipinski definition) is 4. The van der Waals surface area contributed by atoms with Crippen molar-refractivity contribution in [1.29, 1.82) is 0 Å². The molecule has 2 rings (SSSR count). The predicted octanol–water partition coefficient (Wildman–Crippen LogP) is 2.49. The summed E-state index contributed by atoms with van der Waals surface area (Å²) in [6.07, 6.45) is 6.99. The first-order valence-electron chi connectivity index (χ1n) is 9.29. The topological polar surface area (TPSA) is 68.7 Å². The Morgan fingerprint density at radius 2 is 2.00 bits per heavy atom. The fourth-order valence-corrected chi connectivity index (χ4v) is 3.32. The summed E-state index contributed by atoms with van der Waals surface area (Å²) in [7, 11) is 0. The SMILES string of the molecule is CCN(CC(C)(C)O)C(=O)NCCC1CCN(c2ccncc2)CC1. The molecule has 1 aliphatic rings. The van der Waals surface area contributed by atoms with Gasteiger partial charge in [0, 0.05) is 44.3 Å². The Bertz CT molecular complexity index is 522. The van der Waals surface area contributed by atoms with Crippen molar-refractivity contribution in [3.63, 3.8) is 0 Å². The summed E-state index contributed by atoms with van der Waals surface area (Å²) in [5.74, 6) is 0.655. The van der Waals surface area contributed by atoms with E-state index in [-0.39, 0.29) is 6.03 Å². The van der Waals surface area contributed by atoms with E-state index in [0.717, 1.165) is 32.4 Å². The van der Waals surface area contributed by atoms with Crippen LogP contribution < -0.4 is 10.2 Å². The second kappa shape index (κ2) is 9.04. The minimum atomic E-state index is -0.868. The molecule has 1 fully saturated rings. The van der Waals surface area contributed by atoms with Gasteiger partial charge in [0.15, 0.2) is 0 Å². The summed E-state index contributed by atoms with van der Waals surface area (Å²) in [5, 5.41) is 12.9. The Hall–Kier alpha value is -1.82. The number of carbonyl (C=O) groups excluding carboxylic acids is 1. The highest BCUT2D eigenvalue weighted by Gasteiger charge is 2.22. The average molecular weight is 348 g/mol. The van der Waals surface area contributed by atoms with Crippen molar-refractivity contribution in [2.75, 3.05) is 37.6 Å². The lowest BCUT2D eigenvalue weighted by molar-refractivity contribution is 0.0480. The average Bonchev–Trinajstić information content (AvgIpc) is 2.60. The van der Waals surface area contributed by atoms with Gasteiger partial charge in [0.2, 0.25) is 0 Å². The van der Waals surface area contributed by atoms with E-state index >= 15 is 0 Å². The Morgan fingerprint density at radius 1 is 1.36 bits per heavy atom. The van der Waals surface area contributed by atoms with Crippen LogP contribution in [-0.2, 0) is 0 Å². The fraction of sp³-hybridized carbons (Fsp3) is 0.684. The molecule has 0 bridgehead atoms. The first kappa shape index (κ1) is 19.5. The molecule has 0 unspecified atom stereocenters. The van der Waals surface area contributed by atoms with Crippen molar-refractivity contribution < 1.29 is 9.90 Å². The molecule has 0 aromatic carbocycles. The molecule has 1 aromatic rings. The summed E-state index contributed by atoms with van der Waals surface area (Å²) < 4.78 is 0. The van der Waals surface area contributed by atoms with Crippen LogP contribution in [0.15, 0.2) is 24.5 Å². The van der Waals surface area contributed by atoms with Gasteiger partial charge in [-0.3, -0.25) is 4.98 Å². The van der Waals surface area contributed by atoms with Crippen LogP contribution in [0.5, 0.6) is 0 Å². The second-order valence-electron chi connectivity index (χ2n) is 7.48. The predicted molar refractivity (Wildman–Crippen MR) is 101 cm³/mol. The molecule has 0 spiro atoms.